The molecule has 0 saturated heterocycles. The fourth-order valence-electron chi connectivity index (χ4n) is 7.04. The molecule has 0 radical (unpaired) electrons. The number of aryl methyl sites for hydroxylation is 1. The Morgan fingerprint density at radius 2 is 1.76 bits per heavy atom. The van der Waals surface area contributed by atoms with Crippen LogP contribution in [0.3, 0.4) is 0 Å². The number of para-hydroxylation sites is 1. The Bertz CT molecular complexity index is 2030. The van der Waals surface area contributed by atoms with E-state index in [1.165, 1.54) is 57.6 Å². The van der Waals surface area contributed by atoms with Gasteiger partial charge in [-0.15, -0.1) is 10.2 Å². The van der Waals surface area contributed by atoms with E-state index in [4.69, 9.17) is 5.10 Å². The lowest BCUT2D eigenvalue weighted by molar-refractivity contribution is 0.491. The van der Waals surface area contributed by atoms with E-state index in [0.29, 0.717) is 12.0 Å². The Morgan fingerprint density at radius 3 is 2.52 bits per heavy atom. The standard InChI is InChI=1S/C37H32F2N2.CH2N4/c1-23(2)37-25(22-41(40-37)27-9-4-3-5-10-27)20-34-32-17-15-29-28-11-7-6-8-24(28)12-14-30(29)31(32)16-18-33(34)35-21-26(38)13-19-36(35)39;1-2-4-5-3-1/h3-14,16,18-19,21-23,33-34H,15,17,20H2,1-2H3;1H,(H,2,3,4,5). The summed E-state index contributed by atoms with van der Waals surface area (Å²) in [5.41, 5.74) is 8.82. The lowest BCUT2D eigenvalue weighted by Crippen LogP contribution is -2.24. The molecule has 6 nitrogen and oxygen atoms in total. The summed E-state index contributed by atoms with van der Waals surface area (Å²) >= 11 is 0. The van der Waals surface area contributed by atoms with Crippen LogP contribution >= 0.6 is 0 Å². The van der Waals surface area contributed by atoms with Crippen LogP contribution in [0, 0.1) is 17.6 Å². The zero-order valence-electron chi connectivity index (χ0n) is 25.7. The molecule has 0 spiro atoms. The SMILES string of the molecule is CC(C)c1nn(-c2ccccc2)cc1CC1C2=C(C=CC1c1cc(F)ccc1F)c1ccc3ccccc3c1CC2.c1nn[nH]n1. The highest BCUT2D eigenvalue weighted by atomic mass is 19.1. The third kappa shape index (κ3) is 5.67. The normalized spacial score (nSPS) is 17.1. The number of benzene rings is 4. The molecule has 8 rings (SSSR count). The number of nitrogens with one attached hydrogen (secondary N) is 1. The molecule has 46 heavy (non-hydrogen) atoms. The maximum Gasteiger partial charge on any atom is 0.161 e. The maximum atomic E-state index is 15.3. The number of aromatic amines is 1. The van der Waals surface area contributed by atoms with E-state index in [1.807, 2.05) is 22.9 Å². The topological polar surface area (TPSA) is 72.3 Å². The zero-order chi connectivity index (χ0) is 31.6. The van der Waals surface area contributed by atoms with Crippen LogP contribution in [-0.2, 0) is 12.8 Å². The first kappa shape index (κ1) is 29.5. The molecule has 2 aliphatic rings. The van der Waals surface area contributed by atoms with Crippen LogP contribution in [0.4, 0.5) is 8.78 Å². The van der Waals surface area contributed by atoms with Crippen LogP contribution in [0.2, 0.25) is 0 Å². The highest BCUT2D eigenvalue weighted by Crippen LogP contribution is 2.48. The van der Waals surface area contributed by atoms with Gasteiger partial charge in [0.05, 0.1) is 11.4 Å². The molecular weight excluding hydrogens is 578 g/mol. The third-order valence-electron chi connectivity index (χ3n) is 9.09. The predicted octanol–water partition coefficient (Wildman–Crippen LogP) is 8.54. The fraction of sp³-hybridized carbons (Fsp3) is 0.211. The Labute approximate surface area is 266 Å². The predicted molar refractivity (Wildman–Crippen MR) is 176 cm³/mol. The number of aromatic nitrogens is 6. The van der Waals surface area contributed by atoms with Crippen LogP contribution in [0.5, 0.6) is 0 Å². The summed E-state index contributed by atoms with van der Waals surface area (Å²) in [6.45, 7) is 4.33. The number of nitrogens with zero attached hydrogens (tertiary/aromatic N) is 5. The average Bonchev–Trinajstić information content (AvgIpc) is 3.81. The van der Waals surface area contributed by atoms with Crippen LogP contribution in [0.1, 0.15) is 60.1 Å². The van der Waals surface area contributed by atoms with Gasteiger partial charge >= 0.3 is 0 Å². The Hall–Kier alpha value is -5.24. The molecule has 4 aromatic carbocycles. The van der Waals surface area contributed by atoms with Gasteiger partial charge in [-0.05, 0) is 100 Å². The van der Waals surface area contributed by atoms with E-state index in [2.05, 4.69) is 101 Å². The van der Waals surface area contributed by atoms with E-state index in [9.17, 15) is 4.39 Å². The largest absolute Gasteiger partial charge is 0.240 e. The van der Waals surface area contributed by atoms with Crippen molar-refractivity contribution in [1.82, 2.24) is 30.4 Å². The van der Waals surface area contributed by atoms with Crippen molar-refractivity contribution in [2.24, 2.45) is 5.92 Å². The molecule has 1 N–H and O–H groups in total. The molecule has 0 fully saturated rings. The van der Waals surface area contributed by atoms with E-state index >= 15 is 4.39 Å². The van der Waals surface area contributed by atoms with Crippen LogP contribution in [0.25, 0.3) is 22.0 Å². The van der Waals surface area contributed by atoms with E-state index in [-0.39, 0.29) is 23.6 Å². The van der Waals surface area contributed by atoms with E-state index < -0.39 is 5.82 Å². The zero-order valence-corrected chi connectivity index (χ0v) is 25.7. The van der Waals surface area contributed by atoms with Crippen molar-refractivity contribution >= 4 is 16.3 Å². The summed E-state index contributed by atoms with van der Waals surface area (Å²) in [5.74, 6) is -0.830. The second-order valence-electron chi connectivity index (χ2n) is 12.1. The number of hydrogen-bond donors (Lipinski definition) is 1. The Morgan fingerprint density at radius 1 is 0.935 bits per heavy atom. The smallest absolute Gasteiger partial charge is 0.161 e. The van der Waals surface area contributed by atoms with Crippen molar-refractivity contribution in [3.05, 3.63) is 155 Å². The second kappa shape index (κ2) is 12.6. The number of halogens is 2. The Kier molecular flexibility index (Phi) is 8.09. The first-order chi connectivity index (χ1) is 22.5. The van der Waals surface area contributed by atoms with Gasteiger partial charge in [0.2, 0.25) is 0 Å². The lowest BCUT2D eigenvalue weighted by atomic mass is 9.67. The lowest BCUT2D eigenvalue weighted by Gasteiger charge is -2.36. The first-order valence-corrected chi connectivity index (χ1v) is 15.7. The molecular formula is C38H34F2N6. The van der Waals surface area contributed by atoms with Crippen molar-refractivity contribution in [1.29, 1.82) is 0 Å². The van der Waals surface area contributed by atoms with Crippen LogP contribution in [0.15, 0.2) is 115 Å². The summed E-state index contributed by atoms with van der Waals surface area (Å²) in [5, 5.41) is 19.7. The number of allylic oxidation sites excluding steroid dienone is 4. The number of fused-ring (bicyclic) bond motifs is 4. The third-order valence-corrected chi connectivity index (χ3v) is 9.09. The molecule has 2 aliphatic carbocycles. The van der Waals surface area contributed by atoms with Crippen LogP contribution < -0.4 is 0 Å². The van der Waals surface area contributed by atoms with Crippen molar-refractivity contribution in [2.75, 3.05) is 0 Å². The van der Waals surface area contributed by atoms with Gasteiger partial charge in [0.1, 0.15) is 11.6 Å². The van der Waals surface area contributed by atoms with Gasteiger partial charge in [-0.25, -0.2) is 13.5 Å². The highest BCUT2D eigenvalue weighted by molar-refractivity contribution is 5.94. The highest BCUT2D eigenvalue weighted by Gasteiger charge is 2.35. The van der Waals surface area contributed by atoms with Gasteiger partial charge in [0, 0.05) is 12.1 Å². The molecule has 2 unspecified atom stereocenters. The van der Waals surface area contributed by atoms with Gasteiger partial charge in [0.15, 0.2) is 6.33 Å². The molecule has 2 aromatic heterocycles. The molecule has 2 atom stereocenters. The average molecular weight is 613 g/mol. The van der Waals surface area contributed by atoms with Gasteiger partial charge in [-0.3, -0.25) is 0 Å². The molecule has 0 bridgehead atoms. The molecule has 230 valence electrons. The van der Waals surface area contributed by atoms with Gasteiger partial charge in [0.25, 0.3) is 0 Å². The van der Waals surface area contributed by atoms with E-state index in [0.717, 1.165) is 29.8 Å². The second-order valence-corrected chi connectivity index (χ2v) is 12.1. The minimum Gasteiger partial charge on any atom is -0.240 e. The number of hydrogen-bond acceptors (Lipinski definition) is 4. The minimum atomic E-state index is -0.409. The molecule has 0 saturated carbocycles. The first-order valence-electron chi connectivity index (χ1n) is 15.7. The van der Waals surface area contributed by atoms with Gasteiger partial charge in [-0.1, -0.05) is 91.4 Å². The Balaban J connectivity index is 0.000000619. The van der Waals surface area contributed by atoms with Crippen LogP contribution in [-0.4, -0.2) is 30.4 Å². The summed E-state index contributed by atoms with van der Waals surface area (Å²) in [7, 11) is 0. The summed E-state index contributed by atoms with van der Waals surface area (Å²) in [6.07, 6.45) is 10.2. The number of tetrazole rings is 1. The van der Waals surface area contributed by atoms with Crippen molar-refractivity contribution in [3.63, 3.8) is 0 Å². The summed E-state index contributed by atoms with van der Waals surface area (Å²) in [6, 6.07) is 27.0. The molecule has 2 heterocycles. The summed E-state index contributed by atoms with van der Waals surface area (Å²) in [4.78, 5) is 0. The van der Waals surface area contributed by atoms with Crippen molar-refractivity contribution in [3.8, 4) is 5.69 Å². The summed E-state index contributed by atoms with van der Waals surface area (Å²) < 4.78 is 31.7. The maximum absolute atomic E-state index is 15.3. The number of rotatable bonds is 5. The quantitative estimate of drug-likeness (QED) is 0.212. The molecule has 0 amide bonds. The number of H-pyrrole nitrogens is 1. The molecule has 8 heteroatoms. The van der Waals surface area contributed by atoms with Crippen molar-refractivity contribution in [2.45, 2.75) is 44.9 Å². The monoisotopic (exact) mass is 612 g/mol. The van der Waals surface area contributed by atoms with Crippen molar-refractivity contribution < 1.29 is 8.78 Å². The van der Waals surface area contributed by atoms with Gasteiger partial charge in [-0.2, -0.15) is 10.3 Å². The molecule has 0 aliphatic heterocycles. The fourth-order valence-corrected chi connectivity index (χ4v) is 7.04. The van der Waals surface area contributed by atoms with Gasteiger partial charge < -0.3 is 0 Å². The minimum absolute atomic E-state index is 0.0168. The molecule has 6 aromatic rings. The van der Waals surface area contributed by atoms with E-state index in [1.54, 1.807) is 0 Å².